The van der Waals surface area contributed by atoms with Crippen LogP contribution in [0.3, 0.4) is 0 Å². The molecule has 0 aliphatic rings. The van der Waals surface area contributed by atoms with Crippen molar-refractivity contribution >= 4 is 39.3 Å². The van der Waals surface area contributed by atoms with Gasteiger partial charge in [-0.3, -0.25) is 0 Å². The molecule has 1 heterocycles. The fourth-order valence-electron chi connectivity index (χ4n) is 1.31. The Balaban J connectivity index is 2.36. The highest BCUT2D eigenvalue weighted by Crippen LogP contribution is 2.32. The van der Waals surface area contributed by atoms with Crippen LogP contribution in [0.15, 0.2) is 38.7 Å². The van der Waals surface area contributed by atoms with Gasteiger partial charge in [0, 0.05) is 14.9 Å². The zero-order chi connectivity index (χ0) is 12.4. The molecule has 0 saturated carbocycles. The van der Waals surface area contributed by atoms with Crippen molar-refractivity contribution in [1.82, 2.24) is 9.97 Å². The molecule has 88 valence electrons. The summed E-state index contributed by atoms with van der Waals surface area (Å²) in [4.78, 5) is 9.66. The van der Waals surface area contributed by atoms with Gasteiger partial charge in [0.05, 0.1) is 0 Å². The van der Waals surface area contributed by atoms with Crippen LogP contribution in [0.5, 0.6) is 0 Å². The molecule has 0 radical (unpaired) electrons. The minimum Gasteiger partial charge on any atom is -0.226 e. The Kier molecular flexibility index (Phi) is 4.07. The van der Waals surface area contributed by atoms with Crippen molar-refractivity contribution in [1.29, 1.82) is 0 Å². The second kappa shape index (κ2) is 5.38. The average Bonchev–Trinajstić information content (AvgIpc) is 2.25. The quantitative estimate of drug-likeness (QED) is 0.749. The van der Waals surface area contributed by atoms with Crippen LogP contribution in [0, 0.1) is 13.8 Å². The first kappa shape index (κ1) is 12.9. The van der Waals surface area contributed by atoms with Gasteiger partial charge in [-0.1, -0.05) is 45.4 Å². The van der Waals surface area contributed by atoms with Gasteiger partial charge in [0.25, 0.3) is 0 Å². The number of hydrogen-bond acceptors (Lipinski definition) is 3. The summed E-state index contributed by atoms with van der Waals surface area (Å²) < 4.78 is 1.05. The van der Waals surface area contributed by atoms with E-state index >= 15 is 0 Å². The van der Waals surface area contributed by atoms with E-state index in [-0.39, 0.29) is 0 Å². The van der Waals surface area contributed by atoms with Crippen LogP contribution < -0.4 is 0 Å². The highest BCUT2D eigenvalue weighted by Gasteiger charge is 2.09. The smallest absolute Gasteiger partial charge is 0.136 e. The van der Waals surface area contributed by atoms with Gasteiger partial charge in [0.2, 0.25) is 0 Å². The molecule has 2 nitrogen and oxygen atoms in total. The van der Waals surface area contributed by atoms with Gasteiger partial charge in [-0.15, -0.1) is 0 Å². The molecule has 17 heavy (non-hydrogen) atoms. The Morgan fingerprint density at radius 1 is 1.24 bits per heavy atom. The molecular formula is C12H10BrClN2S. The number of aryl methyl sites for hydroxylation is 1. The first-order valence-electron chi connectivity index (χ1n) is 5.00. The summed E-state index contributed by atoms with van der Waals surface area (Å²) in [7, 11) is 0. The zero-order valence-electron chi connectivity index (χ0n) is 9.37. The van der Waals surface area contributed by atoms with Gasteiger partial charge in [-0.25, -0.2) is 9.97 Å². The van der Waals surface area contributed by atoms with E-state index in [9.17, 15) is 0 Å². The Hall–Kier alpha value is -0.580. The van der Waals surface area contributed by atoms with E-state index in [1.165, 1.54) is 0 Å². The molecule has 1 aromatic heterocycles. The van der Waals surface area contributed by atoms with E-state index in [0.717, 1.165) is 20.0 Å². The van der Waals surface area contributed by atoms with Crippen molar-refractivity contribution in [2.75, 3.05) is 0 Å². The number of aromatic nitrogens is 2. The van der Waals surface area contributed by atoms with Crippen molar-refractivity contribution in [3.8, 4) is 0 Å². The zero-order valence-corrected chi connectivity index (χ0v) is 12.5. The molecule has 0 aliphatic heterocycles. The van der Waals surface area contributed by atoms with Gasteiger partial charge in [0.1, 0.15) is 16.0 Å². The van der Waals surface area contributed by atoms with Crippen LogP contribution >= 0.6 is 39.3 Å². The molecule has 1 aromatic carbocycles. The van der Waals surface area contributed by atoms with Crippen molar-refractivity contribution in [2.45, 2.75) is 23.8 Å². The summed E-state index contributed by atoms with van der Waals surface area (Å²) in [6.07, 6.45) is 0. The van der Waals surface area contributed by atoms with E-state index in [4.69, 9.17) is 11.6 Å². The van der Waals surface area contributed by atoms with E-state index in [0.29, 0.717) is 11.0 Å². The maximum Gasteiger partial charge on any atom is 0.136 e. The Morgan fingerprint density at radius 2 is 2.00 bits per heavy atom. The highest BCUT2D eigenvalue weighted by atomic mass is 79.9. The van der Waals surface area contributed by atoms with Crippen molar-refractivity contribution in [2.24, 2.45) is 0 Å². The molecule has 0 bridgehead atoms. The lowest BCUT2D eigenvalue weighted by molar-refractivity contribution is 0.938. The summed E-state index contributed by atoms with van der Waals surface area (Å²) in [5, 5.41) is 1.43. The first-order chi connectivity index (χ1) is 8.06. The number of rotatable bonds is 2. The molecule has 2 aromatic rings. The molecule has 0 fully saturated rings. The number of nitrogens with zero attached hydrogens (tertiary/aromatic N) is 2. The van der Waals surface area contributed by atoms with Gasteiger partial charge in [-0.2, -0.15) is 0 Å². The van der Waals surface area contributed by atoms with Gasteiger partial charge in [0.15, 0.2) is 0 Å². The largest absolute Gasteiger partial charge is 0.226 e. The van der Waals surface area contributed by atoms with Crippen LogP contribution in [0.1, 0.15) is 11.4 Å². The summed E-state index contributed by atoms with van der Waals surface area (Å²) in [6.45, 7) is 3.78. The Labute approximate surface area is 118 Å². The van der Waals surface area contributed by atoms with Crippen LogP contribution in [-0.4, -0.2) is 9.97 Å². The lowest BCUT2D eigenvalue weighted by Gasteiger charge is -2.07. The third kappa shape index (κ3) is 3.21. The van der Waals surface area contributed by atoms with Crippen molar-refractivity contribution < 1.29 is 0 Å². The molecule has 0 N–H and O–H groups in total. The lowest BCUT2D eigenvalue weighted by atomic mass is 10.4. The number of hydrogen-bond donors (Lipinski definition) is 0. The lowest BCUT2D eigenvalue weighted by Crippen LogP contribution is -1.94. The molecule has 0 spiro atoms. The van der Waals surface area contributed by atoms with Crippen LogP contribution in [-0.2, 0) is 0 Å². The topological polar surface area (TPSA) is 25.8 Å². The van der Waals surface area contributed by atoms with Gasteiger partial charge in [-0.05, 0) is 32.0 Å². The average molecular weight is 330 g/mol. The molecule has 0 unspecified atom stereocenters. The van der Waals surface area contributed by atoms with Crippen LogP contribution in [0.4, 0.5) is 0 Å². The summed E-state index contributed by atoms with van der Waals surface area (Å²) in [5.74, 6) is 0.693. The standard InChI is InChI=1S/C12H10BrClN2S/c1-7-11(14)15-8(2)16-12(7)17-10-5-3-4-9(13)6-10/h3-6H,1-2H3. The second-order valence-corrected chi connectivity index (χ2v) is 5.89. The van der Waals surface area contributed by atoms with Crippen molar-refractivity contribution in [3.63, 3.8) is 0 Å². The predicted octanol–water partition coefficient (Wildman–Crippen LogP) is 4.66. The number of benzene rings is 1. The minimum absolute atomic E-state index is 0.523. The summed E-state index contributed by atoms with van der Waals surface area (Å²) in [6, 6.07) is 8.09. The molecular weight excluding hydrogens is 320 g/mol. The molecule has 0 saturated heterocycles. The maximum absolute atomic E-state index is 6.04. The van der Waals surface area contributed by atoms with E-state index < -0.39 is 0 Å². The highest BCUT2D eigenvalue weighted by molar-refractivity contribution is 9.10. The molecule has 5 heteroatoms. The first-order valence-corrected chi connectivity index (χ1v) is 6.99. The molecule has 0 amide bonds. The fraction of sp³-hybridized carbons (Fsp3) is 0.167. The number of halogens is 2. The molecule has 0 aliphatic carbocycles. The normalized spacial score (nSPS) is 10.6. The van der Waals surface area contributed by atoms with E-state index in [1.54, 1.807) is 11.8 Å². The summed E-state index contributed by atoms with van der Waals surface area (Å²) >= 11 is 11.1. The van der Waals surface area contributed by atoms with E-state index in [2.05, 4.69) is 32.0 Å². The minimum atomic E-state index is 0.523. The predicted molar refractivity (Wildman–Crippen MR) is 74.8 cm³/mol. The maximum atomic E-state index is 6.04. The van der Waals surface area contributed by atoms with Crippen LogP contribution in [0.25, 0.3) is 0 Å². The Morgan fingerprint density at radius 3 is 2.71 bits per heavy atom. The van der Waals surface area contributed by atoms with Crippen LogP contribution in [0.2, 0.25) is 5.15 Å². The third-order valence-electron chi connectivity index (χ3n) is 2.16. The van der Waals surface area contributed by atoms with Gasteiger partial charge >= 0.3 is 0 Å². The third-order valence-corrected chi connectivity index (χ3v) is 4.11. The van der Waals surface area contributed by atoms with Crippen molar-refractivity contribution in [3.05, 3.63) is 45.3 Å². The molecule has 0 atom stereocenters. The molecule has 2 rings (SSSR count). The Bertz CT molecular complexity index is 560. The SMILES string of the molecule is Cc1nc(Cl)c(C)c(Sc2cccc(Br)c2)n1. The van der Waals surface area contributed by atoms with E-state index in [1.807, 2.05) is 32.0 Å². The second-order valence-electron chi connectivity index (χ2n) is 3.55. The monoisotopic (exact) mass is 328 g/mol. The summed E-state index contributed by atoms with van der Waals surface area (Å²) in [5.41, 5.74) is 0.919. The fourth-order valence-corrected chi connectivity index (χ4v) is 3.11. The van der Waals surface area contributed by atoms with Gasteiger partial charge < -0.3 is 0 Å².